The molecule has 0 spiro atoms. The molecule has 2 N–H and O–H groups in total. The fraction of sp³-hybridized carbons (Fsp3) is 0.667. The third kappa shape index (κ3) is 3.65. The van der Waals surface area contributed by atoms with Gasteiger partial charge in [-0.15, -0.1) is 0 Å². The van der Waals surface area contributed by atoms with Crippen molar-refractivity contribution in [2.24, 2.45) is 23.2 Å². The second kappa shape index (κ2) is 7.40. The molecule has 1 atom stereocenters. The van der Waals surface area contributed by atoms with Crippen LogP contribution >= 0.6 is 15.9 Å². The van der Waals surface area contributed by atoms with E-state index in [0.717, 1.165) is 17.8 Å². The van der Waals surface area contributed by atoms with E-state index in [9.17, 15) is 13.2 Å². The molecule has 4 aliphatic carbocycles. The first-order chi connectivity index (χ1) is 13.2. The Morgan fingerprint density at radius 3 is 2.29 bits per heavy atom. The normalized spacial score (nSPS) is 32.3. The number of rotatable bonds is 6. The van der Waals surface area contributed by atoms with Crippen LogP contribution < -0.4 is 10.0 Å². The van der Waals surface area contributed by atoms with Gasteiger partial charge in [0.05, 0.1) is 10.5 Å². The van der Waals surface area contributed by atoms with Gasteiger partial charge in [-0.25, -0.2) is 13.1 Å². The van der Waals surface area contributed by atoms with E-state index >= 15 is 0 Å². The molecule has 154 valence electrons. The van der Waals surface area contributed by atoms with E-state index in [-0.39, 0.29) is 22.3 Å². The largest absolute Gasteiger partial charge is 0.349 e. The standard InChI is InChI=1S/C21H29BrN2O3S/c1-3-23-28(26,27)17-4-5-19(22)18(9-17)20(25)24-13(2)21-10-14-6-15(11-21)8-16(7-14)12-21/h4-5,9,13-16,23H,3,6-8,10-12H2,1-2H3,(H,24,25)/t13-,14?,15?,16?,21?/m0/s1. The van der Waals surface area contributed by atoms with Gasteiger partial charge in [-0.2, -0.15) is 0 Å². The first kappa shape index (κ1) is 20.4. The average Bonchev–Trinajstić information content (AvgIpc) is 2.60. The summed E-state index contributed by atoms with van der Waals surface area (Å²) in [5.74, 6) is 2.27. The van der Waals surface area contributed by atoms with E-state index in [2.05, 4.69) is 32.9 Å². The van der Waals surface area contributed by atoms with Crippen LogP contribution in [0, 0.1) is 23.2 Å². The van der Waals surface area contributed by atoms with Gasteiger partial charge >= 0.3 is 0 Å². The van der Waals surface area contributed by atoms with Crippen molar-refractivity contribution in [2.75, 3.05) is 6.54 Å². The molecule has 0 saturated heterocycles. The Balaban J connectivity index is 1.54. The number of hydrogen-bond acceptors (Lipinski definition) is 3. The van der Waals surface area contributed by atoms with Crippen molar-refractivity contribution in [1.82, 2.24) is 10.0 Å². The summed E-state index contributed by atoms with van der Waals surface area (Å²) in [5, 5.41) is 3.22. The Bertz CT molecular complexity index is 848. The van der Waals surface area contributed by atoms with Gasteiger partial charge in [0, 0.05) is 17.1 Å². The van der Waals surface area contributed by atoms with E-state index in [4.69, 9.17) is 0 Å². The van der Waals surface area contributed by atoms with Gasteiger partial charge in [0.25, 0.3) is 5.91 Å². The number of hydrogen-bond donors (Lipinski definition) is 2. The predicted molar refractivity (Wildman–Crippen MR) is 113 cm³/mol. The molecule has 1 amide bonds. The third-order valence-corrected chi connectivity index (χ3v) is 9.41. The number of amides is 1. The molecule has 0 radical (unpaired) electrons. The lowest BCUT2D eigenvalue weighted by atomic mass is 9.48. The van der Waals surface area contributed by atoms with Gasteiger partial charge in [-0.3, -0.25) is 4.79 Å². The lowest BCUT2D eigenvalue weighted by Gasteiger charge is -2.59. The second-order valence-corrected chi connectivity index (χ2v) is 11.7. The molecule has 5 rings (SSSR count). The van der Waals surface area contributed by atoms with E-state index in [0.29, 0.717) is 16.6 Å². The minimum atomic E-state index is -3.60. The lowest BCUT2D eigenvalue weighted by molar-refractivity contribution is -0.0688. The van der Waals surface area contributed by atoms with Gasteiger partial charge in [0.2, 0.25) is 10.0 Å². The highest BCUT2D eigenvalue weighted by molar-refractivity contribution is 9.10. The quantitative estimate of drug-likeness (QED) is 0.659. The molecule has 0 aromatic heterocycles. The first-order valence-corrected chi connectivity index (χ1v) is 12.6. The minimum Gasteiger partial charge on any atom is -0.349 e. The van der Waals surface area contributed by atoms with Crippen LogP contribution in [-0.4, -0.2) is 26.9 Å². The molecular weight excluding hydrogens is 440 g/mol. The smallest absolute Gasteiger partial charge is 0.252 e. The van der Waals surface area contributed by atoms with E-state index in [1.54, 1.807) is 13.0 Å². The summed E-state index contributed by atoms with van der Waals surface area (Å²) in [5.41, 5.74) is 0.584. The number of benzene rings is 1. The zero-order chi connectivity index (χ0) is 20.1. The fourth-order valence-electron chi connectivity index (χ4n) is 6.25. The Kier molecular flexibility index (Phi) is 5.38. The maximum Gasteiger partial charge on any atom is 0.252 e. The molecule has 4 saturated carbocycles. The summed E-state index contributed by atoms with van der Waals surface area (Å²) in [4.78, 5) is 13.2. The fourth-order valence-corrected chi connectivity index (χ4v) is 7.75. The number of halogens is 1. The van der Waals surface area contributed by atoms with Crippen LogP contribution in [0.25, 0.3) is 0 Å². The molecule has 7 heteroatoms. The van der Waals surface area contributed by atoms with Gasteiger partial charge in [0.15, 0.2) is 0 Å². The van der Waals surface area contributed by atoms with Crippen LogP contribution in [0.4, 0.5) is 0 Å². The van der Waals surface area contributed by atoms with Crippen molar-refractivity contribution in [3.8, 4) is 0 Å². The number of carbonyl (C=O) groups is 1. The minimum absolute atomic E-state index is 0.0920. The zero-order valence-electron chi connectivity index (χ0n) is 16.5. The van der Waals surface area contributed by atoms with Crippen molar-refractivity contribution in [1.29, 1.82) is 0 Å². The summed E-state index contributed by atoms with van der Waals surface area (Å²) in [6.45, 7) is 4.18. The summed E-state index contributed by atoms with van der Waals surface area (Å²) >= 11 is 3.41. The van der Waals surface area contributed by atoms with Crippen LogP contribution in [0.1, 0.15) is 62.7 Å². The Morgan fingerprint density at radius 2 is 1.75 bits per heavy atom. The molecule has 4 bridgehead atoms. The molecular formula is C21H29BrN2O3S. The van der Waals surface area contributed by atoms with Crippen LogP contribution in [0.3, 0.4) is 0 Å². The van der Waals surface area contributed by atoms with Crippen LogP contribution in [0.2, 0.25) is 0 Å². The van der Waals surface area contributed by atoms with Crippen LogP contribution in [0.15, 0.2) is 27.6 Å². The zero-order valence-corrected chi connectivity index (χ0v) is 18.9. The monoisotopic (exact) mass is 468 g/mol. The Morgan fingerprint density at radius 1 is 1.18 bits per heavy atom. The summed E-state index contributed by atoms with van der Waals surface area (Å²) < 4.78 is 27.7. The van der Waals surface area contributed by atoms with Gasteiger partial charge in [0.1, 0.15) is 0 Å². The summed E-state index contributed by atoms with van der Waals surface area (Å²) in [6, 6.07) is 4.70. The SMILES string of the molecule is CCNS(=O)(=O)c1ccc(Br)c(C(=O)N[C@@H](C)C23CC4CC(CC(C4)C2)C3)c1. The molecule has 4 fully saturated rings. The second-order valence-electron chi connectivity index (χ2n) is 9.12. The molecule has 4 aliphatic rings. The highest BCUT2D eigenvalue weighted by atomic mass is 79.9. The molecule has 28 heavy (non-hydrogen) atoms. The molecule has 0 unspecified atom stereocenters. The van der Waals surface area contributed by atoms with Crippen molar-refractivity contribution in [3.63, 3.8) is 0 Å². The van der Waals surface area contributed by atoms with Gasteiger partial charge in [-0.05, 0) is 103 Å². The molecule has 0 heterocycles. The number of nitrogens with one attached hydrogen (secondary N) is 2. The third-order valence-electron chi connectivity index (χ3n) is 7.18. The Hall–Kier alpha value is -0.920. The van der Waals surface area contributed by atoms with Crippen LogP contribution in [0.5, 0.6) is 0 Å². The van der Waals surface area contributed by atoms with Crippen molar-refractivity contribution >= 4 is 31.9 Å². The first-order valence-electron chi connectivity index (χ1n) is 10.3. The number of sulfonamides is 1. The van der Waals surface area contributed by atoms with E-state index in [1.165, 1.54) is 50.7 Å². The van der Waals surface area contributed by atoms with E-state index < -0.39 is 10.0 Å². The maximum atomic E-state index is 13.0. The molecule has 5 nitrogen and oxygen atoms in total. The van der Waals surface area contributed by atoms with Crippen molar-refractivity contribution in [2.45, 2.75) is 63.3 Å². The Labute approximate surface area is 176 Å². The maximum absolute atomic E-state index is 13.0. The summed E-state index contributed by atoms with van der Waals surface area (Å²) in [7, 11) is -3.60. The predicted octanol–water partition coefficient (Wildman–Crippen LogP) is 4.08. The van der Waals surface area contributed by atoms with Crippen molar-refractivity contribution < 1.29 is 13.2 Å². The molecule has 1 aromatic rings. The molecule has 0 aliphatic heterocycles. The molecule has 1 aromatic carbocycles. The average molecular weight is 469 g/mol. The van der Waals surface area contributed by atoms with Gasteiger partial charge < -0.3 is 5.32 Å². The highest BCUT2D eigenvalue weighted by Crippen LogP contribution is 2.61. The highest BCUT2D eigenvalue weighted by Gasteiger charge is 2.53. The topological polar surface area (TPSA) is 75.3 Å². The van der Waals surface area contributed by atoms with Gasteiger partial charge in [-0.1, -0.05) is 6.92 Å². The lowest BCUT2D eigenvalue weighted by Crippen LogP contribution is -2.55. The number of carbonyl (C=O) groups excluding carboxylic acids is 1. The van der Waals surface area contributed by atoms with Crippen LogP contribution in [-0.2, 0) is 10.0 Å². The summed E-state index contributed by atoms with van der Waals surface area (Å²) in [6.07, 6.45) is 7.77. The van der Waals surface area contributed by atoms with Crippen molar-refractivity contribution in [3.05, 3.63) is 28.2 Å². The van der Waals surface area contributed by atoms with E-state index in [1.807, 2.05) is 0 Å².